The Bertz CT molecular complexity index is 540. The summed E-state index contributed by atoms with van der Waals surface area (Å²) in [6.45, 7) is 0. The van der Waals surface area contributed by atoms with E-state index in [2.05, 4.69) is 21.1 Å². The van der Waals surface area contributed by atoms with Gasteiger partial charge in [0.25, 0.3) is 0 Å². The van der Waals surface area contributed by atoms with Crippen LogP contribution in [-0.2, 0) is 0 Å². The third kappa shape index (κ3) is 2.08. The van der Waals surface area contributed by atoms with Crippen LogP contribution in [0.1, 0.15) is 0 Å². The van der Waals surface area contributed by atoms with Crippen LogP contribution in [0.2, 0.25) is 0 Å². The van der Waals surface area contributed by atoms with Crippen LogP contribution in [0.4, 0.5) is 5.88 Å². The van der Waals surface area contributed by atoms with E-state index in [9.17, 15) is 0 Å². The lowest BCUT2D eigenvalue weighted by atomic mass is 10.1. The van der Waals surface area contributed by atoms with Crippen molar-refractivity contribution in [3.63, 3.8) is 0 Å². The number of methoxy groups -OCH3 is 2. The first-order valence-electron chi connectivity index (χ1n) is 4.79. The Kier molecular flexibility index (Phi) is 3.23. The zero-order valence-electron chi connectivity index (χ0n) is 9.36. The normalized spacial score (nSPS) is 10.3. The third-order valence-electron chi connectivity index (χ3n) is 2.34. The molecule has 0 aliphatic heterocycles. The SMILES string of the molecule is COc1cc(-c2cnoc2N)cc(Br)c1OC. The van der Waals surface area contributed by atoms with E-state index in [1.807, 2.05) is 12.1 Å². The summed E-state index contributed by atoms with van der Waals surface area (Å²) >= 11 is 3.41. The summed E-state index contributed by atoms with van der Waals surface area (Å²) in [5.74, 6) is 1.51. The molecule has 0 spiro atoms. The number of nitrogens with zero attached hydrogens (tertiary/aromatic N) is 1. The lowest BCUT2D eigenvalue weighted by Gasteiger charge is -2.11. The van der Waals surface area contributed by atoms with Crippen molar-refractivity contribution in [1.82, 2.24) is 5.16 Å². The molecule has 2 aromatic rings. The van der Waals surface area contributed by atoms with Gasteiger partial charge in [0.2, 0.25) is 5.88 Å². The number of anilines is 1. The summed E-state index contributed by atoms with van der Waals surface area (Å²) < 4.78 is 16.1. The number of nitrogen functional groups attached to an aromatic ring is 1. The fourth-order valence-corrected chi connectivity index (χ4v) is 2.14. The van der Waals surface area contributed by atoms with Gasteiger partial charge in [0.15, 0.2) is 11.5 Å². The highest BCUT2D eigenvalue weighted by Gasteiger charge is 2.14. The van der Waals surface area contributed by atoms with Gasteiger partial charge in [0.1, 0.15) is 0 Å². The van der Waals surface area contributed by atoms with E-state index in [-0.39, 0.29) is 5.88 Å². The van der Waals surface area contributed by atoms with Crippen molar-refractivity contribution in [2.45, 2.75) is 0 Å². The topological polar surface area (TPSA) is 70.5 Å². The predicted molar refractivity (Wildman–Crippen MR) is 67.2 cm³/mol. The molecular formula is C11H11BrN2O3. The van der Waals surface area contributed by atoms with Crippen molar-refractivity contribution >= 4 is 21.8 Å². The van der Waals surface area contributed by atoms with Crippen LogP contribution in [0.15, 0.2) is 27.3 Å². The fraction of sp³-hybridized carbons (Fsp3) is 0.182. The van der Waals surface area contributed by atoms with Crippen LogP contribution in [0, 0.1) is 0 Å². The van der Waals surface area contributed by atoms with Gasteiger partial charge in [-0.25, -0.2) is 0 Å². The molecule has 0 aliphatic carbocycles. The van der Waals surface area contributed by atoms with Gasteiger partial charge in [0, 0.05) is 0 Å². The molecule has 0 saturated carbocycles. The molecule has 0 fully saturated rings. The number of rotatable bonds is 3. The molecule has 1 heterocycles. The fourth-order valence-electron chi connectivity index (χ4n) is 1.54. The van der Waals surface area contributed by atoms with Crippen molar-refractivity contribution in [3.05, 3.63) is 22.8 Å². The van der Waals surface area contributed by atoms with E-state index >= 15 is 0 Å². The van der Waals surface area contributed by atoms with Gasteiger partial charge >= 0.3 is 0 Å². The van der Waals surface area contributed by atoms with Gasteiger partial charge in [0.05, 0.1) is 30.5 Å². The number of halogens is 1. The minimum atomic E-state index is 0.268. The second kappa shape index (κ2) is 4.67. The summed E-state index contributed by atoms with van der Waals surface area (Å²) in [6, 6.07) is 3.68. The maximum absolute atomic E-state index is 5.67. The summed E-state index contributed by atoms with van der Waals surface area (Å²) in [4.78, 5) is 0. The number of aromatic nitrogens is 1. The molecule has 1 aromatic heterocycles. The quantitative estimate of drug-likeness (QED) is 0.943. The van der Waals surface area contributed by atoms with E-state index in [1.54, 1.807) is 20.4 Å². The lowest BCUT2D eigenvalue weighted by Crippen LogP contribution is -1.93. The molecule has 1 aromatic carbocycles. The van der Waals surface area contributed by atoms with E-state index in [0.29, 0.717) is 17.1 Å². The largest absolute Gasteiger partial charge is 0.493 e. The zero-order chi connectivity index (χ0) is 12.4. The maximum Gasteiger partial charge on any atom is 0.229 e. The first-order valence-corrected chi connectivity index (χ1v) is 5.58. The van der Waals surface area contributed by atoms with Crippen LogP contribution < -0.4 is 15.2 Å². The summed E-state index contributed by atoms with van der Waals surface area (Å²) in [7, 11) is 3.15. The molecule has 0 aliphatic rings. The molecule has 5 nitrogen and oxygen atoms in total. The highest BCUT2D eigenvalue weighted by atomic mass is 79.9. The van der Waals surface area contributed by atoms with Crippen molar-refractivity contribution < 1.29 is 14.0 Å². The third-order valence-corrected chi connectivity index (χ3v) is 2.93. The molecule has 0 atom stereocenters. The Morgan fingerprint density at radius 2 is 2.06 bits per heavy atom. The number of benzene rings is 1. The zero-order valence-corrected chi connectivity index (χ0v) is 10.9. The Labute approximate surface area is 107 Å². The van der Waals surface area contributed by atoms with Crippen LogP contribution in [0.25, 0.3) is 11.1 Å². The molecule has 2 rings (SSSR count). The first kappa shape index (κ1) is 11.8. The molecule has 6 heteroatoms. The van der Waals surface area contributed by atoms with Gasteiger partial charge in [-0.05, 0) is 33.6 Å². The predicted octanol–water partition coefficient (Wildman–Crippen LogP) is 2.70. The molecule has 0 amide bonds. The van der Waals surface area contributed by atoms with Crippen LogP contribution >= 0.6 is 15.9 Å². The molecular weight excluding hydrogens is 288 g/mol. The standard InChI is InChI=1S/C11H11BrN2O3/c1-15-9-4-6(3-8(12)10(9)16-2)7-5-14-17-11(7)13/h3-5H,13H2,1-2H3. The van der Waals surface area contributed by atoms with Crippen molar-refractivity contribution in [1.29, 1.82) is 0 Å². The molecule has 90 valence electrons. The Hall–Kier alpha value is -1.69. The van der Waals surface area contributed by atoms with Crippen molar-refractivity contribution in [2.24, 2.45) is 0 Å². The Morgan fingerprint density at radius 3 is 2.59 bits per heavy atom. The highest BCUT2D eigenvalue weighted by Crippen LogP contribution is 2.40. The molecule has 17 heavy (non-hydrogen) atoms. The average molecular weight is 299 g/mol. The van der Waals surface area contributed by atoms with Gasteiger partial charge in [-0.15, -0.1) is 0 Å². The number of nitrogens with two attached hydrogens (primary N) is 1. The second-order valence-electron chi connectivity index (χ2n) is 3.30. The Balaban J connectivity index is 2.58. The Morgan fingerprint density at radius 1 is 1.29 bits per heavy atom. The van der Waals surface area contributed by atoms with E-state index in [0.717, 1.165) is 10.0 Å². The van der Waals surface area contributed by atoms with E-state index in [4.69, 9.17) is 19.7 Å². The monoisotopic (exact) mass is 298 g/mol. The van der Waals surface area contributed by atoms with Crippen molar-refractivity contribution in [2.75, 3.05) is 20.0 Å². The minimum absolute atomic E-state index is 0.268. The summed E-state index contributed by atoms with van der Waals surface area (Å²) in [5, 5.41) is 3.64. The van der Waals surface area contributed by atoms with Crippen molar-refractivity contribution in [3.8, 4) is 22.6 Å². The van der Waals surface area contributed by atoms with Gasteiger partial charge in [-0.1, -0.05) is 5.16 Å². The maximum atomic E-state index is 5.67. The summed E-state index contributed by atoms with van der Waals surface area (Å²) in [6.07, 6.45) is 1.56. The van der Waals surface area contributed by atoms with Crippen LogP contribution in [0.3, 0.4) is 0 Å². The van der Waals surface area contributed by atoms with E-state index < -0.39 is 0 Å². The summed E-state index contributed by atoms with van der Waals surface area (Å²) in [5.41, 5.74) is 7.22. The number of ether oxygens (including phenoxy) is 2. The number of hydrogen-bond donors (Lipinski definition) is 1. The second-order valence-corrected chi connectivity index (χ2v) is 4.15. The van der Waals surface area contributed by atoms with Gasteiger partial charge < -0.3 is 19.7 Å². The molecule has 0 bridgehead atoms. The minimum Gasteiger partial charge on any atom is -0.493 e. The first-order chi connectivity index (χ1) is 8.17. The molecule has 0 unspecified atom stereocenters. The highest BCUT2D eigenvalue weighted by molar-refractivity contribution is 9.10. The van der Waals surface area contributed by atoms with E-state index in [1.165, 1.54) is 0 Å². The lowest BCUT2D eigenvalue weighted by molar-refractivity contribution is 0.353. The average Bonchev–Trinajstić information content (AvgIpc) is 2.74. The van der Waals surface area contributed by atoms with Crippen LogP contribution in [0.5, 0.6) is 11.5 Å². The van der Waals surface area contributed by atoms with Gasteiger partial charge in [-0.2, -0.15) is 0 Å². The van der Waals surface area contributed by atoms with Crippen LogP contribution in [-0.4, -0.2) is 19.4 Å². The van der Waals surface area contributed by atoms with Gasteiger partial charge in [-0.3, -0.25) is 0 Å². The molecule has 0 radical (unpaired) electrons. The molecule has 2 N–H and O–H groups in total. The smallest absolute Gasteiger partial charge is 0.229 e. The molecule has 0 saturated heterocycles. The number of hydrogen-bond acceptors (Lipinski definition) is 5.